The van der Waals surface area contributed by atoms with Crippen molar-refractivity contribution in [3.63, 3.8) is 0 Å². The third-order valence-corrected chi connectivity index (χ3v) is 3.75. The van der Waals surface area contributed by atoms with E-state index in [0.717, 1.165) is 18.7 Å². The number of aliphatic hydroxyl groups excluding tert-OH is 1. The molecule has 0 amide bonds. The molecule has 82 valence electrons. The summed E-state index contributed by atoms with van der Waals surface area (Å²) >= 11 is 2.04. The number of anilines is 1. The standard InChI is InChI=1S/C12H17NOS/c14-10-11-2-4-12(5-3-11)13-6-1-8-15-9-7-13/h2-5,14H,1,6-10H2. The molecule has 0 bridgehead atoms. The Balaban J connectivity index is 2.06. The summed E-state index contributed by atoms with van der Waals surface area (Å²) in [7, 11) is 0. The molecule has 0 aromatic heterocycles. The van der Waals surface area contributed by atoms with Gasteiger partial charge < -0.3 is 10.0 Å². The molecule has 0 radical (unpaired) electrons. The Labute approximate surface area is 95.3 Å². The molecular weight excluding hydrogens is 206 g/mol. The van der Waals surface area contributed by atoms with Gasteiger partial charge in [-0.25, -0.2) is 0 Å². The average Bonchev–Trinajstić information content (AvgIpc) is 2.58. The van der Waals surface area contributed by atoms with Crippen molar-refractivity contribution in [2.75, 3.05) is 29.5 Å². The summed E-state index contributed by atoms with van der Waals surface area (Å²) in [5.41, 5.74) is 2.28. The van der Waals surface area contributed by atoms with E-state index in [-0.39, 0.29) is 6.61 Å². The second-order valence-corrected chi connectivity index (χ2v) is 5.00. The summed E-state index contributed by atoms with van der Waals surface area (Å²) in [6, 6.07) is 8.24. The highest BCUT2D eigenvalue weighted by Crippen LogP contribution is 2.19. The molecule has 1 aromatic carbocycles. The van der Waals surface area contributed by atoms with Crippen LogP contribution in [-0.4, -0.2) is 29.7 Å². The van der Waals surface area contributed by atoms with Crippen LogP contribution >= 0.6 is 11.8 Å². The van der Waals surface area contributed by atoms with Gasteiger partial charge in [-0.05, 0) is 29.9 Å². The van der Waals surface area contributed by atoms with Crippen LogP contribution in [0.3, 0.4) is 0 Å². The number of benzene rings is 1. The van der Waals surface area contributed by atoms with E-state index in [0.29, 0.717) is 0 Å². The molecule has 1 aliphatic rings. The number of nitrogens with zero attached hydrogens (tertiary/aromatic N) is 1. The lowest BCUT2D eigenvalue weighted by Crippen LogP contribution is -2.25. The summed E-state index contributed by atoms with van der Waals surface area (Å²) < 4.78 is 0. The summed E-state index contributed by atoms with van der Waals surface area (Å²) in [5.74, 6) is 2.51. The van der Waals surface area contributed by atoms with E-state index in [9.17, 15) is 0 Å². The summed E-state index contributed by atoms with van der Waals surface area (Å²) in [6.07, 6.45) is 1.27. The molecule has 1 aromatic rings. The fourth-order valence-corrected chi connectivity index (χ4v) is 2.70. The van der Waals surface area contributed by atoms with Crippen LogP contribution in [0.5, 0.6) is 0 Å². The molecule has 1 heterocycles. The highest BCUT2D eigenvalue weighted by atomic mass is 32.2. The predicted octanol–water partition coefficient (Wildman–Crippen LogP) is 2.12. The molecule has 2 nitrogen and oxygen atoms in total. The smallest absolute Gasteiger partial charge is 0.0681 e. The normalized spacial score (nSPS) is 17.5. The van der Waals surface area contributed by atoms with Gasteiger partial charge in [-0.2, -0.15) is 11.8 Å². The molecule has 2 rings (SSSR count). The van der Waals surface area contributed by atoms with Crippen LogP contribution in [0, 0.1) is 0 Å². The fraction of sp³-hybridized carbons (Fsp3) is 0.500. The Morgan fingerprint density at radius 2 is 1.93 bits per heavy atom. The van der Waals surface area contributed by atoms with E-state index in [1.54, 1.807) is 0 Å². The number of thioether (sulfide) groups is 1. The topological polar surface area (TPSA) is 23.5 Å². The second-order valence-electron chi connectivity index (χ2n) is 3.78. The number of hydrogen-bond donors (Lipinski definition) is 1. The van der Waals surface area contributed by atoms with Crippen LogP contribution in [0.15, 0.2) is 24.3 Å². The first kappa shape index (κ1) is 10.8. The van der Waals surface area contributed by atoms with Crippen LogP contribution in [0.1, 0.15) is 12.0 Å². The maximum absolute atomic E-state index is 8.97. The lowest BCUT2D eigenvalue weighted by molar-refractivity contribution is 0.282. The van der Waals surface area contributed by atoms with E-state index in [2.05, 4.69) is 17.0 Å². The largest absolute Gasteiger partial charge is 0.392 e. The molecule has 1 fully saturated rings. The maximum Gasteiger partial charge on any atom is 0.0681 e. The average molecular weight is 223 g/mol. The van der Waals surface area contributed by atoms with Crippen molar-refractivity contribution in [1.82, 2.24) is 0 Å². The monoisotopic (exact) mass is 223 g/mol. The van der Waals surface area contributed by atoms with Gasteiger partial charge in [-0.3, -0.25) is 0 Å². The van der Waals surface area contributed by atoms with Crippen molar-refractivity contribution in [2.45, 2.75) is 13.0 Å². The third kappa shape index (κ3) is 2.89. The fourth-order valence-electron chi connectivity index (χ4n) is 1.82. The molecule has 0 saturated carbocycles. The van der Waals surface area contributed by atoms with Gasteiger partial charge in [0, 0.05) is 24.5 Å². The first-order valence-corrected chi connectivity index (χ1v) is 6.58. The third-order valence-electron chi connectivity index (χ3n) is 2.71. The van der Waals surface area contributed by atoms with E-state index in [1.807, 2.05) is 23.9 Å². The predicted molar refractivity (Wildman–Crippen MR) is 66.5 cm³/mol. The van der Waals surface area contributed by atoms with E-state index >= 15 is 0 Å². The molecule has 0 unspecified atom stereocenters. The Morgan fingerprint density at radius 1 is 1.13 bits per heavy atom. The highest BCUT2D eigenvalue weighted by molar-refractivity contribution is 7.99. The minimum Gasteiger partial charge on any atom is -0.392 e. The van der Waals surface area contributed by atoms with Gasteiger partial charge in [-0.1, -0.05) is 12.1 Å². The van der Waals surface area contributed by atoms with Gasteiger partial charge in [0.05, 0.1) is 6.61 Å². The molecule has 1 aliphatic heterocycles. The molecule has 3 heteroatoms. The Bertz CT molecular complexity index is 291. The van der Waals surface area contributed by atoms with Crippen LogP contribution in [0.4, 0.5) is 5.69 Å². The Morgan fingerprint density at radius 3 is 2.67 bits per heavy atom. The number of rotatable bonds is 2. The van der Waals surface area contributed by atoms with Gasteiger partial charge in [-0.15, -0.1) is 0 Å². The summed E-state index contributed by atoms with van der Waals surface area (Å²) in [4.78, 5) is 2.43. The maximum atomic E-state index is 8.97. The van der Waals surface area contributed by atoms with Crippen molar-refractivity contribution in [1.29, 1.82) is 0 Å². The number of hydrogen-bond acceptors (Lipinski definition) is 3. The van der Waals surface area contributed by atoms with Crippen LogP contribution < -0.4 is 4.90 Å². The molecule has 0 atom stereocenters. The van der Waals surface area contributed by atoms with Gasteiger partial charge in [0.15, 0.2) is 0 Å². The van der Waals surface area contributed by atoms with Crippen molar-refractivity contribution in [3.05, 3.63) is 29.8 Å². The van der Waals surface area contributed by atoms with Crippen molar-refractivity contribution < 1.29 is 5.11 Å². The van der Waals surface area contributed by atoms with Gasteiger partial charge in [0.1, 0.15) is 0 Å². The second kappa shape index (κ2) is 5.42. The zero-order valence-corrected chi connectivity index (χ0v) is 9.67. The van der Waals surface area contributed by atoms with Gasteiger partial charge >= 0.3 is 0 Å². The van der Waals surface area contributed by atoms with Gasteiger partial charge in [0.25, 0.3) is 0 Å². The van der Waals surface area contributed by atoms with E-state index < -0.39 is 0 Å². The lowest BCUT2D eigenvalue weighted by Gasteiger charge is -2.22. The highest BCUT2D eigenvalue weighted by Gasteiger charge is 2.09. The zero-order chi connectivity index (χ0) is 10.5. The Kier molecular flexibility index (Phi) is 3.92. The zero-order valence-electron chi connectivity index (χ0n) is 8.85. The van der Waals surface area contributed by atoms with Gasteiger partial charge in [0.2, 0.25) is 0 Å². The summed E-state index contributed by atoms with van der Waals surface area (Å²) in [6.45, 7) is 2.44. The molecule has 15 heavy (non-hydrogen) atoms. The Hall–Kier alpha value is -0.670. The molecule has 1 N–H and O–H groups in total. The minimum absolute atomic E-state index is 0.135. The molecule has 0 aliphatic carbocycles. The van der Waals surface area contributed by atoms with Crippen LogP contribution in [-0.2, 0) is 6.61 Å². The minimum atomic E-state index is 0.135. The first-order chi connectivity index (χ1) is 7.40. The molecular formula is C12H17NOS. The van der Waals surface area contributed by atoms with Crippen LogP contribution in [0.2, 0.25) is 0 Å². The first-order valence-electron chi connectivity index (χ1n) is 5.42. The van der Waals surface area contributed by atoms with Crippen molar-refractivity contribution in [2.24, 2.45) is 0 Å². The molecule has 1 saturated heterocycles. The van der Waals surface area contributed by atoms with Crippen molar-refractivity contribution in [3.8, 4) is 0 Å². The lowest BCUT2D eigenvalue weighted by atomic mass is 10.2. The summed E-state index contributed by atoms with van der Waals surface area (Å²) in [5, 5.41) is 8.97. The van der Waals surface area contributed by atoms with Crippen LogP contribution in [0.25, 0.3) is 0 Å². The molecule has 0 spiro atoms. The SMILES string of the molecule is OCc1ccc(N2CCCSCC2)cc1. The number of aliphatic hydroxyl groups is 1. The quantitative estimate of drug-likeness (QED) is 0.831. The van der Waals surface area contributed by atoms with Crippen molar-refractivity contribution >= 4 is 17.4 Å². The van der Waals surface area contributed by atoms with E-state index in [1.165, 1.54) is 23.6 Å². The van der Waals surface area contributed by atoms with E-state index in [4.69, 9.17) is 5.11 Å².